The number of hydrogen-bond donors (Lipinski definition) is 2. The number of carbonyl (C=O) groups is 1. The lowest BCUT2D eigenvalue weighted by atomic mass is 9.98. The van der Waals surface area contributed by atoms with Gasteiger partial charge in [-0.05, 0) is 50.8 Å². The van der Waals surface area contributed by atoms with E-state index in [0.29, 0.717) is 11.5 Å². The van der Waals surface area contributed by atoms with Crippen LogP contribution in [-0.4, -0.2) is 39.8 Å². The smallest absolute Gasteiger partial charge is 0.252 e. The normalized spacial score (nSPS) is 15.9. The summed E-state index contributed by atoms with van der Waals surface area (Å²) in [5.74, 6) is 1.58. The number of hydrogen-bond acceptors (Lipinski definition) is 4. The predicted octanol–water partition coefficient (Wildman–Crippen LogP) is 3.35. The lowest BCUT2D eigenvalue weighted by molar-refractivity contribution is 0.100. The minimum atomic E-state index is -0.576. The molecule has 0 aliphatic carbocycles. The number of aryl methyl sites for hydroxylation is 1. The number of likely N-dealkylation sites (tertiary alicyclic amines) is 1. The van der Waals surface area contributed by atoms with Crippen LogP contribution in [0.15, 0.2) is 12.3 Å². The summed E-state index contributed by atoms with van der Waals surface area (Å²) < 4.78 is 1.55. The first-order valence-corrected chi connectivity index (χ1v) is 9.52. The highest BCUT2D eigenvalue weighted by Gasteiger charge is 2.16. The summed E-state index contributed by atoms with van der Waals surface area (Å²) in [5, 5.41) is 0.286. The first-order chi connectivity index (χ1) is 12.2. The van der Waals surface area contributed by atoms with Crippen molar-refractivity contribution in [2.45, 2.75) is 40.5 Å². The Labute approximate surface area is 160 Å². The third kappa shape index (κ3) is 5.11. The molecular formula is C19H30ClN5O. The highest BCUT2D eigenvalue weighted by Crippen LogP contribution is 2.24. The molecule has 6 nitrogen and oxygen atoms in total. The van der Waals surface area contributed by atoms with E-state index in [1.807, 2.05) is 0 Å². The molecule has 1 aliphatic rings. The molecule has 3 rings (SSSR count). The summed E-state index contributed by atoms with van der Waals surface area (Å²) in [6, 6.07) is 1.43. The monoisotopic (exact) mass is 379 g/mol. The molecule has 4 N–H and O–H groups in total. The molecular weight excluding hydrogens is 350 g/mol. The summed E-state index contributed by atoms with van der Waals surface area (Å²) in [6.07, 6.45) is 4.52. The van der Waals surface area contributed by atoms with Crippen LogP contribution in [0.3, 0.4) is 0 Å². The molecule has 7 heteroatoms. The Morgan fingerprint density at radius 3 is 2.54 bits per heavy atom. The quantitative estimate of drug-likeness (QED) is 0.855. The molecule has 2 aromatic heterocycles. The molecule has 1 saturated heterocycles. The number of piperidine rings is 1. The Hall–Kier alpha value is -1.79. The second kappa shape index (κ2) is 8.73. The van der Waals surface area contributed by atoms with Crippen molar-refractivity contribution in [2.75, 3.05) is 25.4 Å². The fourth-order valence-electron chi connectivity index (χ4n) is 3.19. The van der Waals surface area contributed by atoms with Crippen LogP contribution in [0, 0.1) is 18.8 Å². The summed E-state index contributed by atoms with van der Waals surface area (Å²) in [4.78, 5) is 17.9. The maximum atomic E-state index is 11.2. The van der Waals surface area contributed by atoms with Crippen molar-refractivity contribution in [3.05, 3.63) is 28.5 Å². The number of primary amides is 1. The van der Waals surface area contributed by atoms with Crippen molar-refractivity contribution >= 4 is 29.0 Å². The van der Waals surface area contributed by atoms with Gasteiger partial charge in [0.05, 0.1) is 16.3 Å². The number of carbonyl (C=O) groups excluding carboxylic acids is 1. The second-order valence-electron chi connectivity index (χ2n) is 7.61. The van der Waals surface area contributed by atoms with E-state index in [1.54, 1.807) is 17.5 Å². The van der Waals surface area contributed by atoms with Gasteiger partial charge in [-0.2, -0.15) is 0 Å². The summed E-state index contributed by atoms with van der Waals surface area (Å²) in [5.41, 5.74) is 12.4. The average molecular weight is 380 g/mol. The predicted molar refractivity (Wildman–Crippen MR) is 108 cm³/mol. The van der Waals surface area contributed by atoms with E-state index in [4.69, 9.17) is 23.1 Å². The van der Waals surface area contributed by atoms with E-state index in [2.05, 4.69) is 30.7 Å². The number of halogens is 1. The Bertz CT molecular complexity index is 763. The van der Waals surface area contributed by atoms with Gasteiger partial charge in [-0.25, -0.2) is 4.98 Å². The van der Waals surface area contributed by atoms with E-state index in [9.17, 15) is 4.79 Å². The number of amides is 1. The number of imidazole rings is 1. The average Bonchev–Trinajstić information content (AvgIpc) is 2.95. The molecule has 0 saturated carbocycles. The lowest BCUT2D eigenvalue weighted by Gasteiger charge is -2.31. The van der Waals surface area contributed by atoms with Crippen molar-refractivity contribution in [1.82, 2.24) is 14.3 Å². The minimum absolute atomic E-state index is 0.266. The molecule has 3 heterocycles. The maximum absolute atomic E-state index is 11.2. The van der Waals surface area contributed by atoms with Gasteiger partial charge in [0.15, 0.2) is 5.65 Å². The van der Waals surface area contributed by atoms with Crippen LogP contribution in [0.5, 0.6) is 0 Å². The molecule has 1 aliphatic heterocycles. The van der Waals surface area contributed by atoms with Crippen LogP contribution < -0.4 is 11.5 Å². The lowest BCUT2D eigenvalue weighted by Crippen LogP contribution is -2.35. The standard InChI is InChI=1S/C10H21N.C9H9ClN4O/c1-9(2)8-11-6-4-10(3)5-7-11;1-4-3-14-7(11)6(10)2-5(8(12)15)9(14)13-4/h9-10H,4-8H2,1-3H3;2-3H,11H2,1H3,(H2,12,15). The molecule has 1 fully saturated rings. The van der Waals surface area contributed by atoms with Crippen LogP contribution in [0.4, 0.5) is 5.82 Å². The zero-order chi connectivity index (χ0) is 19.4. The van der Waals surface area contributed by atoms with Crippen molar-refractivity contribution in [2.24, 2.45) is 17.6 Å². The van der Waals surface area contributed by atoms with Crippen LogP contribution in [0.2, 0.25) is 5.02 Å². The van der Waals surface area contributed by atoms with Crippen LogP contribution in [0.1, 0.15) is 49.7 Å². The fourth-order valence-corrected chi connectivity index (χ4v) is 3.39. The van der Waals surface area contributed by atoms with Gasteiger partial charge >= 0.3 is 0 Å². The molecule has 0 bridgehead atoms. The molecule has 0 aromatic carbocycles. The van der Waals surface area contributed by atoms with E-state index in [0.717, 1.165) is 17.5 Å². The number of nitrogens with zero attached hydrogens (tertiary/aromatic N) is 3. The van der Waals surface area contributed by atoms with Crippen molar-refractivity contribution in [1.29, 1.82) is 0 Å². The number of rotatable bonds is 3. The first kappa shape index (κ1) is 20.5. The van der Waals surface area contributed by atoms with Crippen LogP contribution >= 0.6 is 11.6 Å². The van der Waals surface area contributed by atoms with Crippen molar-refractivity contribution < 1.29 is 4.79 Å². The van der Waals surface area contributed by atoms with Gasteiger partial charge < -0.3 is 16.4 Å². The number of nitrogens with two attached hydrogens (primary N) is 2. The Morgan fingerprint density at radius 2 is 2.00 bits per heavy atom. The number of anilines is 1. The first-order valence-electron chi connectivity index (χ1n) is 9.14. The Morgan fingerprint density at radius 1 is 1.38 bits per heavy atom. The van der Waals surface area contributed by atoms with Gasteiger partial charge in [0.2, 0.25) is 0 Å². The van der Waals surface area contributed by atoms with Gasteiger partial charge in [-0.15, -0.1) is 0 Å². The van der Waals surface area contributed by atoms with Gasteiger partial charge in [0, 0.05) is 12.7 Å². The van der Waals surface area contributed by atoms with Crippen LogP contribution in [0.25, 0.3) is 5.65 Å². The molecule has 26 heavy (non-hydrogen) atoms. The molecule has 0 radical (unpaired) electrons. The highest BCUT2D eigenvalue weighted by molar-refractivity contribution is 6.33. The number of nitrogen functional groups attached to an aromatic ring is 1. The topological polar surface area (TPSA) is 89.6 Å². The second-order valence-corrected chi connectivity index (χ2v) is 8.02. The molecule has 144 valence electrons. The fraction of sp³-hybridized carbons (Fsp3) is 0.579. The molecule has 0 spiro atoms. The third-order valence-corrected chi connectivity index (χ3v) is 4.91. The summed E-state index contributed by atoms with van der Waals surface area (Å²) >= 11 is 5.86. The minimum Gasteiger partial charge on any atom is -0.384 e. The summed E-state index contributed by atoms with van der Waals surface area (Å²) in [6.45, 7) is 12.7. The molecule has 1 amide bonds. The highest BCUT2D eigenvalue weighted by atomic mass is 35.5. The van der Waals surface area contributed by atoms with E-state index >= 15 is 0 Å². The zero-order valence-corrected chi connectivity index (χ0v) is 16.9. The van der Waals surface area contributed by atoms with Gasteiger partial charge in [0.25, 0.3) is 5.91 Å². The molecule has 2 aromatic rings. The number of pyridine rings is 1. The van der Waals surface area contributed by atoms with E-state index < -0.39 is 5.91 Å². The largest absolute Gasteiger partial charge is 0.384 e. The molecule has 0 unspecified atom stereocenters. The van der Waals surface area contributed by atoms with E-state index in [-0.39, 0.29) is 10.6 Å². The van der Waals surface area contributed by atoms with Gasteiger partial charge in [-0.3, -0.25) is 9.20 Å². The van der Waals surface area contributed by atoms with Crippen molar-refractivity contribution in [3.63, 3.8) is 0 Å². The number of aromatic nitrogens is 2. The van der Waals surface area contributed by atoms with Crippen LogP contribution in [-0.2, 0) is 0 Å². The van der Waals surface area contributed by atoms with Crippen molar-refractivity contribution in [3.8, 4) is 0 Å². The summed E-state index contributed by atoms with van der Waals surface area (Å²) in [7, 11) is 0. The third-order valence-electron chi connectivity index (χ3n) is 4.61. The van der Waals surface area contributed by atoms with E-state index in [1.165, 1.54) is 38.5 Å². The molecule has 0 atom stereocenters. The zero-order valence-electron chi connectivity index (χ0n) is 16.1. The van der Waals surface area contributed by atoms with Gasteiger partial charge in [-0.1, -0.05) is 32.4 Å². The maximum Gasteiger partial charge on any atom is 0.252 e. The number of fused-ring (bicyclic) bond motifs is 1. The Balaban J connectivity index is 0.000000197. The van der Waals surface area contributed by atoms with Gasteiger partial charge in [0.1, 0.15) is 5.82 Å². The Kier molecular flexibility index (Phi) is 6.89. The SMILES string of the molecule is CC(C)CN1CCC(C)CC1.Cc1cn2c(N)c(Cl)cc(C(N)=O)c2n1.